The molecule has 1 aromatic carbocycles. The summed E-state index contributed by atoms with van der Waals surface area (Å²) >= 11 is 1.77. The van der Waals surface area contributed by atoms with E-state index in [1.54, 1.807) is 23.9 Å². The van der Waals surface area contributed by atoms with Crippen LogP contribution < -0.4 is 14.8 Å². The van der Waals surface area contributed by atoms with E-state index in [1.165, 1.54) is 7.11 Å². The zero-order valence-electron chi connectivity index (χ0n) is 12.4. The van der Waals surface area contributed by atoms with Crippen molar-refractivity contribution in [1.82, 2.24) is 10.0 Å². The molecule has 1 atom stereocenters. The second kappa shape index (κ2) is 7.49. The van der Waals surface area contributed by atoms with E-state index in [2.05, 4.69) is 10.0 Å². The van der Waals surface area contributed by atoms with Gasteiger partial charge in [0.05, 0.1) is 7.11 Å². The Labute approximate surface area is 130 Å². The first-order chi connectivity index (χ1) is 10.1. The van der Waals surface area contributed by atoms with Gasteiger partial charge in [-0.05, 0) is 36.4 Å². The number of thioether (sulfide) groups is 1. The van der Waals surface area contributed by atoms with Crippen LogP contribution in [0.2, 0.25) is 0 Å². The minimum atomic E-state index is -3.55. The molecule has 1 heterocycles. The van der Waals surface area contributed by atoms with Crippen molar-refractivity contribution >= 4 is 21.8 Å². The van der Waals surface area contributed by atoms with Gasteiger partial charge >= 0.3 is 0 Å². The predicted octanol–water partition coefficient (Wildman–Crippen LogP) is 1.59. The molecule has 2 N–H and O–H groups in total. The van der Waals surface area contributed by atoms with Crippen LogP contribution in [0, 0.1) is 0 Å². The topological polar surface area (TPSA) is 67.4 Å². The number of hydrogen-bond acceptors (Lipinski definition) is 5. The molecule has 1 unspecified atom stereocenters. The van der Waals surface area contributed by atoms with Gasteiger partial charge in [-0.3, -0.25) is 0 Å². The predicted molar refractivity (Wildman–Crippen MR) is 86.4 cm³/mol. The maximum atomic E-state index is 12.6. The summed E-state index contributed by atoms with van der Waals surface area (Å²) in [6.45, 7) is 3.49. The van der Waals surface area contributed by atoms with Crippen LogP contribution >= 0.6 is 11.8 Å². The van der Waals surface area contributed by atoms with E-state index in [9.17, 15) is 8.42 Å². The van der Waals surface area contributed by atoms with Gasteiger partial charge in [-0.1, -0.05) is 13.0 Å². The first kappa shape index (κ1) is 16.6. The highest BCUT2D eigenvalue weighted by Gasteiger charge is 2.26. The highest BCUT2D eigenvalue weighted by atomic mass is 32.2. The Morgan fingerprint density at radius 1 is 1.43 bits per heavy atom. The molecule has 0 aromatic heterocycles. The Morgan fingerprint density at radius 2 is 2.24 bits per heavy atom. The maximum Gasteiger partial charge on any atom is 0.244 e. The Hall–Kier alpha value is -0.760. The van der Waals surface area contributed by atoms with Crippen molar-refractivity contribution in [2.24, 2.45) is 0 Å². The number of nitrogens with one attached hydrogen (secondary N) is 2. The molecule has 1 aliphatic rings. The van der Waals surface area contributed by atoms with Crippen LogP contribution in [-0.4, -0.2) is 39.6 Å². The van der Waals surface area contributed by atoms with Gasteiger partial charge in [-0.2, -0.15) is 11.8 Å². The molecule has 0 radical (unpaired) electrons. The van der Waals surface area contributed by atoms with E-state index in [0.717, 1.165) is 30.0 Å². The van der Waals surface area contributed by atoms with Crippen molar-refractivity contribution in [3.05, 3.63) is 23.8 Å². The van der Waals surface area contributed by atoms with Crippen LogP contribution in [-0.2, 0) is 16.6 Å². The van der Waals surface area contributed by atoms with Crippen molar-refractivity contribution < 1.29 is 13.2 Å². The highest BCUT2D eigenvalue weighted by molar-refractivity contribution is 7.99. The smallest absolute Gasteiger partial charge is 0.244 e. The molecule has 0 amide bonds. The van der Waals surface area contributed by atoms with Gasteiger partial charge in [-0.25, -0.2) is 13.1 Å². The van der Waals surface area contributed by atoms with Crippen molar-refractivity contribution in [1.29, 1.82) is 0 Å². The van der Waals surface area contributed by atoms with Crippen molar-refractivity contribution in [2.75, 3.05) is 25.2 Å². The molecular formula is C14H22N2O3S2. The second-order valence-electron chi connectivity index (χ2n) is 4.95. The lowest BCUT2D eigenvalue weighted by Gasteiger charge is -2.15. The molecule has 2 rings (SSSR count). The summed E-state index contributed by atoms with van der Waals surface area (Å²) in [7, 11) is -2.06. The molecule has 1 saturated heterocycles. The third kappa shape index (κ3) is 4.35. The maximum absolute atomic E-state index is 12.6. The van der Waals surface area contributed by atoms with E-state index in [0.29, 0.717) is 12.3 Å². The summed E-state index contributed by atoms with van der Waals surface area (Å²) < 4.78 is 33.1. The minimum Gasteiger partial charge on any atom is -0.495 e. The van der Waals surface area contributed by atoms with Crippen LogP contribution in [0.3, 0.4) is 0 Å². The summed E-state index contributed by atoms with van der Waals surface area (Å²) in [6, 6.07) is 5.30. The van der Waals surface area contributed by atoms with E-state index in [-0.39, 0.29) is 10.9 Å². The summed E-state index contributed by atoms with van der Waals surface area (Å²) in [5.74, 6) is 2.22. The summed E-state index contributed by atoms with van der Waals surface area (Å²) in [5, 5.41) is 3.19. The Kier molecular flexibility index (Phi) is 5.92. The molecule has 118 valence electrons. The number of sulfonamides is 1. The van der Waals surface area contributed by atoms with Crippen LogP contribution in [0.5, 0.6) is 5.75 Å². The molecule has 1 aliphatic heterocycles. The normalized spacial score (nSPS) is 18.9. The number of benzene rings is 1. The monoisotopic (exact) mass is 330 g/mol. The van der Waals surface area contributed by atoms with Crippen molar-refractivity contribution in [3.8, 4) is 5.75 Å². The van der Waals surface area contributed by atoms with Gasteiger partial charge < -0.3 is 10.1 Å². The fraction of sp³-hybridized carbons (Fsp3) is 0.571. The summed E-state index contributed by atoms with van der Waals surface area (Å²) in [5.41, 5.74) is 0.929. The average molecular weight is 330 g/mol. The number of rotatable bonds is 7. The first-order valence-electron chi connectivity index (χ1n) is 7.04. The quantitative estimate of drug-likeness (QED) is 0.795. The summed E-state index contributed by atoms with van der Waals surface area (Å²) in [6.07, 6.45) is 0.878. The Balaban J connectivity index is 2.25. The van der Waals surface area contributed by atoms with E-state index >= 15 is 0 Å². The largest absolute Gasteiger partial charge is 0.495 e. The van der Waals surface area contributed by atoms with Gasteiger partial charge in [0, 0.05) is 18.3 Å². The molecule has 5 nitrogen and oxygen atoms in total. The zero-order chi connectivity index (χ0) is 15.3. The molecule has 0 aliphatic carbocycles. The molecule has 0 spiro atoms. The third-order valence-corrected chi connectivity index (χ3v) is 6.05. The van der Waals surface area contributed by atoms with Crippen molar-refractivity contribution in [3.63, 3.8) is 0 Å². The highest BCUT2D eigenvalue weighted by Crippen LogP contribution is 2.26. The average Bonchev–Trinajstić information content (AvgIpc) is 2.97. The molecule has 1 aromatic rings. The van der Waals surface area contributed by atoms with Crippen LogP contribution in [0.1, 0.15) is 18.9 Å². The molecule has 7 heteroatoms. The zero-order valence-corrected chi connectivity index (χ0v) is 14.0. The Bertz CT molecular complexity index is 570. The number of methoxy groups -OCH3 is 1. The number of ether oxygens (including phenoxy) is 1. The fourth-order valence-electron chi connectivity index (χ4n) is 2.22. The van der Waals surface area contributed by atoms with E-state index in [4.69, 9.17) is 4.74 Å². The standard InChI is InChI=1S/C14H22N2O3S2/c1-3-15-9-11-4-5-13(19-2)14(8-11)21(17,18)16-12-6-7-20-10-12/h4-5,8,12,15-16H,3,6-7,9-10H2,1-2H3. The van der Waals surface area contributed by atoms with Crippen molar-refractivity contribution in [2.45, 2.75) is 30.8 Å². The molecule has 1 fully saturated rings. The lowest BCUT2D eigenvalue weighted by atomic mass is 10.2. The van der Waals surface area contributed by atoms with Gasteiger partial charge in [0.2, 0.25) is 10.0 Å². The fourth-order valence-corrected chi connectivity index (χ4v) is 4.97. The second-order valence-corrected chi connectivity index (χ2v) is 7.78. The lowest BCUT2D eigenvalue weighted by molar-refractivity contribution is 0.401. The number of hydrogen-bond donors (Lipinski definition) is 2. The van der Waals surface area contributed by atoms with Gasteiger partial charge in [0.1, 0.15) is 10.6 Å². The molecule has 0 bridgehead atoms. The van der Waals surface area contributed by atoms with Gasteiger partial charge in [0.25, 0.3) is 0 Å². The minimum absolute atomic E-state index is 0.0159. The third-order valence-electron chi connectivity index (χ3n) is 3.35. The molecule has 21 heavy (non-hydrogen) atoms. The molecular weight excluding hydrogens is 308 g/mol. The van der Waals surface area contributed by atoms with E-state index < -0.39 is 10.0 Å². The van der Waals surface area contributed by atoms with Crippen LogP contribution in [0.15, 0.2) is 23.1 Å². The lowest BCUT2D eigenvalue weighted by Crippen LogP contribution is -2.34. The summed E-state index contributed by atoms with van der Waals surface area (Å²) in [4.78, 5) is 0.220. The SMILES string of the molecule is CCNCc1ccc(OC)c(S(=O)(=O)NC2CCSC2)c1. The van der Waals surface area contributed by atoms with E-state index in [1.807, 2.05) is 13.0 Å². The Morgan fingerprint density at radius 3 is 2.86 bits per heavy atom. The van der Waals surface area contributed by atoms with Gasteiger partial charge in [0.15, 0.2) is 0 Å². The van der Waals surface area contributed by atoms with Gasteiger partial charge in [-0.15, -0.1) is 0 Å². The van der Waals surface area contributed by atoms with Crippen LogP contribution in [0.25, 0.3) is 0 Å². The van der Waals surface area contributed by atoms with Crippen LogP contribution in [0.4, 0.5) is 0 Å². The first-order valence-corrected chi connectivity index (χ1v) is 9.68. The molecule has 0 saturated carbocycles.